The van der Waals surface area contributed by atoms with Gasteiger partial charge in [0.2, 0.25) is 0 Å². The molecular weight excluding hydrogens is 509 g/mol. The summed E-state index contributed by atoms with van der Waals surface area (Å²) >= 11 is 0. The SMILES string of the molecule is COc1cccc(-c2cc(-c3cc4cc(F)ccc4oc3=O)nc(NS(=O)(=O)c3ccccc3)c2C#N)c1. The van der Waals surface area contributed by atoms with Crippen LogP contribution >= 0.6 is 0 Å². The molecule has 0 aliphatic heterocycles. The highest BCUT2D eigenvalue weighted by Gasteiger charge is 2.23. The Bertz CT molecular complexity index is 1900. The molecule has 188 valence electrons. The summed E-state index contributed by atoms with van der Waals surface area (Å²) in [5.41, 5.74) is 0.116. The number of halogens is 1. The molecule has 0 bridgehead atoms. The van der Waals surface area contributed by atoms with Crippen LogP contribution in [0.3, 0.4) is 0 Å². The molecule has 0 fully saturated rings. The molecular formula is C28H18FN3O5S. The van der Waals surface area contributed by atoms with Crippen molar-refractivity contribution >= 4 is 26.8 Å². The number of pyridine rings is 1. The van der Waals surface area contributed by atoms with E-state index in [0.29, 0.717) is 22.3 Å². The predicted molar refractivity (Wildman–Crippen MR) is 140 cm³/mol. The van der Waals surface area contributed by atoms with Crippen molar-refractivity contribution in [1.82, 2.24) is 4.98 Å². The van der Waals surface area contributed by atoms with Gasteiger partial charge in [-0.25, -0.2) is 22.6 Å². The van der Waals surface area contributed by atoms with Crippen molar-refractivity contribution in [2.45, 2.75) is 4.90 Å². The number of nitrogens with one attached hydrogen (secondary N) is 1. The van der Waals surface area contributed by atoms with Crippen LogP contribution in [0.5, 0.6) is 5.75 Å². The van der Waals surface area contributed by atoms with Gasteiger partial charge in [-0.1, -0.05) is 30.3 Å². The first-order chi connectivity index (χ1) is 18.3. The fraction of sp³-hybridized carbons (Fsp3) is 0.0357. The molecule has 38 heavy (non-hydrogen) atoms. The van der Waals surface area contributed by atoms with E-state index in [1.807, 2.05) is 6.07 Å². The number of ether oxygens (including phenoxy) is 1. The van der Waals surface area contributed by atoms with Crippen molar-refractivity contribution in [3.05, 3.63) is 107 Å². The van der Waals surface area contributed by atoms with E-state index in [1.165, 1.54) is 49.6 Å². The molecule has 1 N–H and O–H groups in total. The van der Waals surface area contributed by atoms with Crippen LogP contribution in [0.4, 0.5) is 10.2 Å². The predicted octanol–water partition coefficient (Wildman–Crippen LogP) is 5.34. The normalized spacial score (nSPS) is 11.2. The van der Waals surface area contributed by atoms with Gasteiger partial charge in [0, 0.05) is 10.9 Å². The quantitative estimate of drug-likeness (QED) is 0.296. The Kier molecular flexibility index (Phi) is 6.36. The summed E-state index contributed by atoms with van der Waals surface area (Å²) in [5, 5.41) is 10.4. The maximum Gasteiger partial charge on any atom is 0.345 e. The van der Waals surface area contributed by atoms with Gasteiger partial charge in [0.15, 0.2) is 5.82 Å². The molecule has 0 amide bonds. The number of benzene rings is 3. The second-order valence-electron chi connectivity index (χ2n) is 8.17. The molecule has 10 heteroatoms. The largest absolute Gasteiger partial charge is 0.497 e. The topological polar surface area (TPSA) is 122 Å². The number of rotatable bonds is 6. The molecule has 0 saturated carbocycles. The lowest BCUT2D eigenvalue weighted by atomic mass is 9.98. The molecule has 3 aromatic carbocycles. The van der Waals surface area contributed by atoms with Crippen molar-refractivity contribution in [3.8, 4) is 34.2 Å². The van der Waals surface area contributed by atoms with Crippen LogP contribution in [0.15, 0.2) is 99.0 Å². The van der Waals surface area contributed by atoms with E-state index in [4.69, 9.17) is 9.15 Å². The van der Waals surface area contributed by atoms with Crippen LogP contribution in [0, 0.1) is 17.1 Å². The van der Waals surface area contributed by atoms with Crippen molar-refractivity contribution in [2.24, 2.45) is 0 Å². The second-order valence-corrected chi connectivity index (χ2v) is 9.85. The zero-order valence-electron chi connectivity index (χ0n) is 19.8. The number of hydrogen-bond donors (Lipinski definition) is 1. The number of fused-ring (bicyclic) bond motifs is 1. The van der Waals surface area contributed by atoms with Crippen LogP contribution in [0.2, 0.25) is 0 Å². The van der Waals surface area contributed by atoms with Crippen molar-refractivity contribution in [1.29, 1.82) is 5.26 Å². The van der Waals surface area contributed by atoms with Crippen molar-refractivity contribution < 1.29 is 22.0 Å². The Morgan fingerprint density at radius 3 is 2.50 bits per heavy atom. The van der Waals surface area contributed by atoms with E-state index in [2.05, 4.69) is 9.71 Å². The van der Waals surface area contributed by atoms with Gasteiger partial charge in [0.1, 0.15) is 28.8 Å². The maximum atomic E-state index is 13.9. The fourth-order valence-corrected chi connectivity index (χ4v) is 4.98. The Balaban J connectivity index is 1.78. The minimum atomic E-state index is -4.15. The lowest BCUT2D eigenvalue weighted by Crippen LogP contribution is -2.16. The van der Waals surface area contributed by atoms with Gasteiger partial charge >= 0.3 is 5.63 Å². The van der Waals surface area contributed by atoms with E-state index >= 15 is 0 Å². The first-order valence-corrected chi connectivity index (χ1v) is 12.7. The third-order valence-corrected chi connectivity index (χ3v) is 7.12. The highest BCUT2D eigenvalue weighted by atomic mass is 32.2. The Labute approximate surface area is 216 Å². The molecule has 2 aromatic heterocycles. The summed E-state index contributed by atoms with van der Waals surface area (Å²) in [6.07, 6.45) is 0. The zero-order chi connectivity index (χ0) is 26.9. The summed E-state index contributed by atoms with van der Waals surface area (Å²) in [6.45, 7) is 0. The molecule has 0 spiro atoms. The lowest BCUT2D eigenvalue weighted by molar-refractivity contribution is 0.415. The fourth-order valence-electron chi connectivity index (χ4n) is 3.95. The lowest BCUT2D eigenvalue weighted by Gasteiger charge is -2.15. The Morgan fingerprint density at radius 1 is 0.974 bits per heavy atom. The van der Waals surface area contributed by atoms with Crippen LogP contribution in [-0.4, -0.2) is 20.5 Å². The average Bonchev–Trinajstić information content (AvgIpc) is 2.92. The molecule has 0 radical (unpaired) electrons. The summed E-state index contributed by atoms with van der Waals surface area (Å²) < 4.78 is 53.2. The number of anilines is 1. The molecule has 0 aliphatic rings. The van der Waals surface area contributed by atoms with Gasteiger partial charge in [-0.05, 0) is 60.2 Å². The molecule has 0 unspecified atom stereocenters. The number of hydrogen-bond acceptors (Lipinski definition) is 7. The van der Waals surface area contributed by atoms with E-state index in [1.54, 1.807) is 42.5 Å². The number of nitriles is 1. The van der Waals surface area contributed by atoms with Crippen LogP contribution < -0.4 is 15.1 Å². The van der Waals surface area contributed by atoms with Crippen molar-refractivity contribution in [2.75, 3.05) is 11.8 Å². The van der Waals surface area contributed by atoms with E-state index in [-0.39, 0.29) is 33.1 Å². The smallest absolute Gasteiger partial charge is 0.345 e. The molecule has 0 saturated heterocycles. The summed E-state index contributed by atoms with van der Waals surface area (Å²) in [7, 11) is -2.66. The minimum absolute atomic E-state index is 0.0208. The molecule has 5 aromatic rings. The molecule has 8 nitrogen and oxygen atoms in total. The monoisotopic (exact) mass is 527 g/mol. The third-order valence-electron chi connectivity index (χ3n) is 5.77. The number of methoxy groups -OCH3 is 1. The van der Waals surface area contributed by atoms with E-state index in [9.17, 15) is 22.9 Å². The summed E-state index contributed by atoms with van der Waals surface area (Å²) in [5.74, 6) is -0.319. The van der Waals surface area contributed by atoms with Gasteiger partial charge in [-0.15, -0.1) is 0 Å². The first-order valence-electron chi connectivity index (χ1n) is 11.2. The van der Waals surface area contributed by atoms with E-state index < -0.39 is 21.5 Å². The second kappa shape index (κ2) is 9.80. The summed E-state index contributed by atoms with van der Waals surface area (Å²) in [6, 6.07) is 23.0. The molecule has 0 aliphatic carbocycles. The van der Waals surface area contributed by atoms with Gasteiger partial charge in [-0.2, -0.15) is 5.26 Å². The highest BCUT2D eigenvalue weighted by Crippen LogP contribution is 2.34. The first kappa shape index (κ1) is 24.7. The zero-order valence-corrected chi connectivity index (χ0v) is 20.6. The van der Waals surface area contributed by atoms with E-state index in [0.717, 1.165) is 0 Å². The molecule has 2 heterocycles. The summed E-state index contributed by atoms with van der Waals surface area (Å²) in [4.78, 5) is 17.2. The van der Waals surface area contributed by atoms with Crippen LogP contribution in [0.25, 0.3) is 33.4 Å². The maximum absolute atomic E-state index is 13.9. The van der Waals surface area contributed by atoms with Gasteiger partial charge in [0.25, 0.3) is 10.0 Å². The molecule has 0 atom stereocenters. The van der Waals surface area contributed by atoms with Crippen LogP contribution in [0.1, 0.15) is 5.56 Å². The average molecular weight is 528 g/mol. The van der Waals surface area contributed by atoms with Crippen LogP contribution in [-0.2, 0) is 10.0 Å². The number of sulfonamides is 1. The van der Waals surface area contributed by atoms with Gasteiger partial charge in [0.05, 0.1) is 23.3 Å². The van der Waals surface area contributed by atoms with Crippen molar-refractivity contribution in [3.63, 3.8) is 0 Å². The number of aromatic nitrogens is 1. The Morgan fingerprint density at radius 2 is 1.76 bits per heavy atom. The standard InChI is InChI=1S/C28H18FN3O5S/c1-36-20-7-5-6-17(13-20)22-15-25(23-14-18-12-19(29)10-11-26(18)37-28(23)33)31-27(24(22)16-30)32-38(34,35)21-8-3-2-4-9-21/h2-15H,1H3,(H,31,32). The third kappa shape index (κ3) is 4.70. The van der Waals surface area contributed by atoms with Gasteiger partial charge < -0.3 is 9.15 Å². The Hall–Kier alpha value is -5.01. The minimum Gasteiger partial charge on any atom is -0.497 e. The number of nitrogens with zero attached hydrogens (tertiary/aromatic N) is 2. The van der Waals surface area contributed by atoms with Gasteiger partial charge in [-0.3, -0.25) is 4.72 Å². The highest BCUT2D eigenvalue weighted by molar-refractivity contribution is 7.92. The molecule has 5 rings (SSSR count).